The minimum Gasteiger partial charge on any atom is -0.507 e. The molecule has 1 amide bonds. The Morgan fingerprint density at radius 2 is 1.90 bits per heavy atom. The van der Waals surface area contributed by atoms with Crippen LogP contribution in [0.4, 0.5) is 17.1 Å². The van der Waals surface area contributed by atoms with Gasteiger partial charge in [0.2, 0.25) is 0 Å². The van der Waals surface area contributed by atoms with E-state index in [4.69, 9.17) is 23.2 Å². The van der Waals surface area contributed by atoms with Gasteiger partial charge in [0.05, 0.1) is 21.2 Å². The predicted octanol–water partition coefficient (Wildman–Crippen LogP) is 5.61. The zero-order valence-corrected chi connectivity index (χ0v) is 16.2. The number of aromatic hydroxyl groups is 1. The molecule has 3 aromatic carbocycles. The van der Waals surface area contributed by atoms with Crippen LogP contribution in [-0.2, 0) is 0 Å². The first-order valence-corrected chi connectivity index (χ1v) is 8.97. The zero-order valence-electron chi connectivity index (χ0n) is 14.7. The second-order valence-corrected chi connectivity index (χ2v) is 6.73. The SMILES string of the molecule is O=C(Nc1cccc(N=Cc2cc([N+](=O)[O-])ccc2O)c1)c1ccc(Cl)cc1Cl. The lowest BCUT2D eigenvalue weighted by Crippen LogP contribution is -2.12. The van der Waals surface area contributed by atoms with E-state index < -0.39 is 10.8 Å². The fourth-order valence-electron chi connectivity index (χ4n) is 2.44. The van der Waals surface area contributed by atoms with Gasteiger partial charge >= 0.3 is 0 Å². The summed E-state index contributed by atoms with van der Waals surface area (Å²) >= 11 is 11.9. The van der Waals surface area contributed by atoms with Crippen LogP contribution < -0.4 is 5.32 Å². The highest BCUT2D eigenvalue weighted by Crippen LogP contribution is 2.25. The summed E-state index contributed by atoms with van der Waals surface area (Å²) in [5.74, 6) is -0.551. The Morgan fingerprint density at radius 3 is 2.62 bits per heavy atom. The Hall–Kier alpha value is -3.42. The van der Waals surface area contributed by atoms with Crippen LogP contribution in [0, 0.1) is 10.1 Å². The van der Waals surface area contributed by atoms with E-state index in [1.807, 2.05) is 0 Å². The lowest BCUT2D eigenvalue weighted by atomic mass is 10.2. The average molecular weight is 430 g/mol. The van der Waals surface area contributed by atoms with Gasteiger partial charge in [0.25, 0.3) is 11.6 Å². The summed E-state index contributed by atoms with van der Waals surface area (Å²) in [5.41, 5.74) is 1.24. The minimum atomic E-state index is -0.561. The molecule has 0 aliphatic heterocycles. The average Bonchev–Trinajstić information content (AvgIpc) is 2.67. The summed E-state index contributed by atoms with van der Waals surface area (Å²) in [6.07, 6.45) is 1.30. The molecular weight excluding hydrogens is 417 g/mol. The molecule has 0 aliphatic carbocycles. The fraction of sp³-hybridized carbons (Fsp3) is 0. The predicted molar refractivity (Wildman–Crippen MR) is 113 cm³/mol. The standard InChI is InChI=1S/C20H13Cl2N3O4/c21-13-4-6-17(18(22)9-13)20(27)24-15-3-1-2-14(10-15)23-11-12-8-16(25(28)29)5-7-19(12)26/h1-11,26H,(H,24,27). The van der Waals surface area contributed by atoms with Crippen LogP contribution in [0.25, 0.3) is 0 Å². The molecule has 0 saturated carbocycles. The van der Waals surface area contributed by atoms with Crippen molar-refractivity contribution in [2.45, 2.75) is 0 Å². The number of hydrogen-bond acceptors (Lipinski definition) is 5. The number of amides is 1. The van der Waals surface area contributed by atoms with E-state index in [9.17, 15) is 20.0 Å². The molecular formula is C20H13Cl2N3O4. The van der Waals surface area contributed by atoms with Crippen LogP contribution in [-0.4, -0.2) is 22.2 Å². The first-order chi connectivity index (χ1) is 13.8. The molecule has 0 saturated heterocycles. The van der Waals surface area contributed by atoms with Gasteiger partial charge < -0.3 is 10.4 Å². The maximum atomic E-state index is 12.4. The molecule has 0 aromatic heterocycles. The van der Waals surface area contributed by atoms with Crippen LogP contribution >= 0.6 is 23.2 Å². The quantitative estimate of drug-likeness (QED) is 0.312. The summed E-state index contributed by atoms with van der Waals surface area (Å²) in [6, 6.07) is 14.8. The molecule has 0 atom stereocenters. The maximum Gasteiger partial charge on any atom is 0.270 e. The number of anilines is 1. The highest BCUT2D eigenvalue weighted by Gasteiger charge is 2.11. The number of halogens is 2. The van der Waals surface area contributed by atoms with Gasteiger partial charge in [0, 0.05) is 34.6 Å². The van der Waals surface area contributed by atoms with Gasteiger partial charge in [-0.1, -0.05) is 29.3 Å². The third kappa shape index (κ3) is 5.10. The Morgan fingerprint density at radius 1 is 1.10 bits per heavy atom. The van der Waals surface area contributed by atoms with Crippen molar-refractivity contribution in [2.24, 2.45) is 4.99 Å². The fourth-order valence-corrected chi connectivity index (χ4v) is 2.93. The molecule has 146 valence electrons. The molecule has 2 N–H and O–H groups in total. The molecule has 0 unspecified atom stereocenters. The van der Waals surface area contributed by atoms with Crippen molar-refractivity contribution in [3.63, 3.8) is 0 Å². The second-order valence-electron chi connectivity index (χ2n) is 5.89. The number of nitro groups is 1. The molecule has 3 aromatic rings. The first kappa shape index (κ1) is 20.3. The van der Waals surface area contributed by atoms with E-state index in [1.54, 1.807) is 30.3 Å². The maximum absolute atomic E-state index is 12.4. The Balaban J connectivity index is 1.79. The number of hydrogen-bond donors (Lipinski definition) is 2. The second kappa shape index (κ2) is 8.72. The lowest BCUT2D eigenvalue weighted by molar-refractivity contribution is -0.384. The van der Waals surface area contributed by atoms with Crippen molar-refractivity contribution < 1.29 is 14.8 Å². The van der Waals surface area contributed by atoms with Gasteiger partial charge in [-0.15, -0.1) is 0 Å². The first-order valence-electron chi connectivity index (χ1n) is 8.21. The number of benzene rings is 3. The molecule has 0 bridgehead atoms. The third-order valence-electron chi connectivity index (χ3n) is 3.85. The number of phenolic OH excluding ortho intramolecular Hbond substituents is 1. The van der Waals surface area contributed by atoms with Crippen molar-refractivity contribution in [3.8, 4) is 5.75 Å². The number of nitrogens with one attached hydrogen (secondary N) is 1. The molecule has 7 nitrogen and oxygen atoms in total. The number of carbonyl (C=O) groups is 1. The molecule has 0 radical (unpaired) electrons. The van der Waals surface area contributed by atoms with Crippen LogP contribution in [0.2, 0.25) is 10.0 Å². The monoisotopic (exact) mass is 429 g/mol. The number of non-ortho nitro benzene ring substituents is 1. The largest absolute Gasteiger partial charge is 0.507 e. The summed E-state index contributed by atoms with van der Waals surface area (Å²) in [6.45, 7) is 0. The van der Waals surface area contributed by atoms with E-state index >= 15 is 0 Å². The number of aliphatic imine (C=N–C) groups is 1. The topological polar surface area (TPSA) is 105 Å². The molecule has 0 aliphatic rings. The van der Waals surface area contributed by atoms with Crippen LogP contribution in [0.1, 0.15) is 15.9 Å². The molecule has 29 heavy (non-hydrogen) atoms. The number of rotatable bonds is 5. The summed E-state index contributed by atoms with van der Waals surface area (Å²) < 4.78 is 0. The minimum absolute atomic E-state index is 0.138. The molecule has 9 heteroatoms. The number of nitro benzene ring substituents is 1. The van der Waals surface area contributed by atoms with Crippen molar-refractivity contribution in [1.29, 1.82) is 0 Å². The van der Waals surface area contributed by atoms with E-state index in [1.165, 1.54) is 36.5 Å². The van der Waals surface area contributed by atoms with E-state index in [0.717, 1.165) is 0 Å². The summed E-state index contributed by atoms with van der Waals surface area (Å²) in [5, 5.41) is 24.1. The number of carbonyl (C=O) groups excluding carboxylic acids is 1. The van der Waals surface area contributed by atoms with Crippen molar-refractivity contribution in [2.75, 3.05) is 5.32 Å². The summed E-state index contributed by atoms with van der Waals surface area (Å²) in [7, 11) is 0. The molecule has 0 spiro atoms. The van der Waals surface area contributed by atoms with E-state index in [0.29, 0.717) is 16.4 Å². The van der Waals surface area contributed by atoms with Gasteiger partial charge in [0.15, 0.2) is 0 Å². The van der Waals surface area contributed by atoms with Crippen LogP contribution in [0.3, 0.4) is 0 Å². The molecule has 0 fully saturated rings. The van der Waals surface area contributed by atoms with Gasteiger partial charge in [-0.05, 0) is 42.5 Å². The lowest BCUT2D eigenvalue weighted by Gasteiger charge is -2.07. The van der Waals surface area contributed by atoms with Crippen LogP contribution in [0.15, 0.2) is 65.7 Å². The summed E-state index contributed by atoms with van der Waals surface area (Å²) in [4.78, 5) is 26.9. The van der Waals surface area contributed by atoms with Gasteiger partial charge in [-0.25, -0.2) is 0 Å². The van der Waals surface area contributed by atoms with Crippen molar-refractivity contribution in [3.05, 3.63) is 92.0 Å². The van der Waals surface area contributed by atoms with Crippen molar-refractivity contribution >= 4 is 52.4 Å². The van der Waals surface area contributed by atoms with Gasteiger partial charge in [-0.2, -0.15) is 0 Å². The zero-order chi connectivity index (χ0) is 21.0. The van der Waals surface area contributed by atoms with Crippen LogP contribution in [0.5, 0.6) is 5.75 Å². The Kier molecular flexibility index (Phi) is 6.11. The third-order valence-corrected chi connectivity index (χ3v) is 4.40. The Bertz CT molecular complexity index is 1130. The normalized spacial score (nSPS) is 10.8. The van der Waals surface area contributed by atoms with E-state index in [2.05, 4.69) is 10.3 Å². The van der Waals surface area contributed by atoms with E-state index in [-0.39, 0.29) is 27.6 Å². The molecule has 0 heterocycles. The highest BCUT2D eigenvalue weighted by molar-refractivity contribution is 6.37. The number of phenols is 1. The smallest absolute Gasteiger partial charge is 0.270 e. The number of nitrogens with zero attached hydrogens (tertiary/aromatic N) is 2. The highest BCUT2D eigenvalue weighted by atomic mass is 35.5. The Labute approximate surface area is 175 Å². The molecule has 3 rings (SSSR count). The van der Waals surface area contributed by atoms with Gasteiger partial charge in [0.1, 0.15) is 5.75 Å². The van der Waals surface area contributed by atoms with Crippen molar-refractivity contribution in [1.82, 2.24) is 0 Å². The van der Waals surface area contributed by atoms with Gasteiger partial charge in [-0.3, -0.25) is 19.9 Å².